The van der Waals surface area contributed by atoms with Crippen LogP contribution >= 0.6 is 0 Å². The van der Waals surface area contributed by atoms with E-state index in [-0.39, 0.29) is 12.6 Å². The lowest BCUT2D eigenvalue weighted by molar-refractivity contribution is 0.174. The Morgan fingerprint density at radius 3 is 2.85 bits per heavy atom. The molecule has 2 aromatic carbocycles. The van der Waals surface area contributed by atoms with Gasteiger partial charge < -0.3 is 19.8 Å². The molecule has 5 rings (SSSR count). The van der Waals surface area contributed by atoms with Gasteiger partial charge in [0.25, 0.3) is 0 Å². The van der Waals surface area contributed by atoms with E-state index in [1.165, 1.54) is 12.1 Å². The minimum atomic E-state index is -0.266. The van der Waals surface area contributed by atoms with Crippen molar-refractivity contribution < 1.29 is 13.9 Å². The van der Waals surface area contributed by atoms with Gasteiger partial charge >= 0.3 is 0 Å². The van der Waals surface area contributed by atoms with Gasteiger partial charge in [-0.25, -0.2) is 9.37 Å². The van der Waals surface area contributed by atoms with E-state index in [1.807, 2.05) is 36.4 Å². The molecule has 2 aromatic heterocycles. The number of pyridine rings is 1. The molecule has 3 heterocycles. The van der Waals surface area contributed by atoms with Crippen LogP contribution in [0.2, 0.25) is 0 Å². The zero-order valence-electron chi connectivity index (χ0n) is 13.6. The molecule has 0 aliphatic carbocycles. The molecule has 4 aromatic rings. The predicted molar refractivity (Wildman–Crippen MR) is 97.3 cm³/mol. The molecule has 0 amide bonds. The number of anilines is 2. The number of aromatic nitrogens is 2. The average molecular weight is 347 g/mol. The summed E-state index contributed by atoms with van der Waals surface area (Å²) in [6.07, 6.45) is 1.73. The smallest absolute Gasteiger partial charge is 0.231 e. The Balaban J connectivity index is 1.54. The fraction of sp³-hybridized carbons (Fsp3) is 0.0500. The van der Waals surface area contributed by atoms with Crippen LogP contribution in [0, 0.1) is 5.82 Å². The minimum absolute atomic E-state index is 0.238. The quantitative estimate of drug-likeness (QED) is 0.557. The Hall–Kier alpha value is -3.54. The number of halogens is 1. The highest BCUT2D eigenvalue weighted by Gasteiger charge is 2.14. The van der Waals surface area contributed by atoms with Crippen LogP contribution < -0.4 is 14.8 Å². The summed E-state index contributed by atoms with van der Waals surface area (Å²) in [5, 5.41) is 4.23. The third kappa shape index (κ3) is 2.52. The normalized spacial score (nSPS) is 12.5. The molecule has 0 radical (unpaired) electrons. The standard InChI is InChI=1S/C20H14FN3O2/c21-13-3-1-2-12(8-13)17-10-15-16(24-17)6-7-22-20(15)23-14-4-5-18-19(9-14)26-11-25-18/h1-10,24H,11H2,(H,22,23). The first-order chi connectivity index (χ1) is 12.8. The number of hydrogen-bond acceptors (Lipinski definition) is 4. The number of nitrogens with zero attached hydrogens (tertiary/aromatic N) is 1. The van der Waals surface area contributed by atoms with Gasteiger partial charge in [-0.05, 0) is 36.4 Å². The van der Waals surface area contributed by atoms with Gasteiger partial charge in [0.1, 0.15) is 11.6 Å². The van der Waals surface area contributed by atoms with Crippen molar-refractivity contribution >= 4 is 22.4 Å². The van der Waals surface area contributed by atoms with Gasteiger partial charge in [-0.2, -0.15) is 0 Å². The van der Waals surface area contributed by atoms with Crippen molar-refractivity contribution in [1.82, 2.24) is 9.97 Å². The monoisotopic (exact) mass is 347 g/mol. The molecule has 0 saturated heterocycles. The minimum Gasteiger partial charge on any atom is -0.454 e. The SMILES string of the molecule is Fc1cccc(-c2cc3c(Nc4ccc5c(c4)OCO5)nccc3[nH]2)c1. The van der Waals surface area contributed by atoms with Crippen LogP contribution in [0.4, 0.5) is 15.9 Å². The van der Waals surface area contributed by atoms with E-state index in [0.29, 0.717) is 11.6 Å². The third-order valence-corrected chi connectivity index (χ3v) is 4.32. The topological polar surface area (TPSA) is 59.2 Å². The van der Waals surface area contributed by atoms with E-state index < -0.39 is 0 Å². The van der Waals surface area contributed by atoms with E-state index in [9.17, 15) is 4.39 Å². The highest BCUT2D eigenvalue weighted by atomic mass is 19.1. The van der Waals surface area contributed by atoms with E-state index in [0.717, 1.165) is 33.6 Å². The van der Waals surface area contributed by atoms with Crippen molar-refractivity contribution in [3.63, 3.8) is 0 Å². The van der Waals surface area contributed by atoms with Crippen molar-refractivity contribution in [2.45, 2.75) is 0 Å². The maximum absolute atomic E-state index is 13.5. The average Bonchev–Trinajstić information content (AvgIpc) is 3.28. The lowest BCUT2D eigenvalue weighted by Gasteiger charge is -2.07. The number of aromatic amines is 1. The summed E-state index contributed by atoms with van der Waals surface area (Å²) in [6.45, 7) is 0.238. The highest BCUT2D eigenvalue weighted by Crippen LogP contribution is 2.36. The molecule has 1 aliphatic rings. The largest absolute Gasteiger partial charge is 0.454 e. The summed E-state index contributed by atoms with van der Waals surface area (Å²) in [5.41, 5.74) is 3.39. The number of hydrogen-bond donors (Lipinski definition) is 2. The summed E-state index contributed by atoms with van der Waals surface area (Å²) in [7, 11) is 0. The number of nitrogens with one attached hydrogen (secondary N) is 2. The Morgan fingerprint density at radius 2 is 1.92 bits per heavy atom. The number of fused-ring (bicyclic) bond motifs is 2. The first-order valence-corrected chi connectivity index (χ1v) is 8.17. The summed E-state index contributed by atoms with van der Waals surface area (Å²) >= 11 is 0. The summed E-state index contributed by atoms with van der Waals surface area (Å²) < 4.78 is 24.3. The maximum Gasteiger partial charge on any atom is 0.231 e. The molecule has 128 valence electrons. The molecule has 0 saturated carbocycles. The second-order valence-electron chi connectivity index (χ2n) is 6.01. The van der Waals surface area contributed by atoms with Crippen LogP contribution in [0.3, 0.4) is 0 Å². The van der Waals surface area contributed by atoms with Crippen LogP contribution in [0.5, 0.6) is 11.5 Å². The zero-order chi connectivity index (χ0) is 17.5. The molecule has 0 atom stereocenters. The fourth-order valence-corrected chi connectivity index (χ4v) is 3.08. The van der Waals surface area contributed by atoms with Gasteiger partial charge in [0.2, 0.25) is 6.79 Å². The number of benzene rings is 2. The lowest BCUT2D eigenvalue weighted by atomic mass is 10.1. The molecular weight excluding hydrogens is 333 g/mol. The second-order valence-corrected chi connectivity index (χ2v) is 6.01. The first kappa shape index (κ1) is 14.8. The second kappa shape index (κ2) is 5.77. The van der Waals surface area contributed by atoms with E-state index >= 15 is 0 Å². The first-order valence-electron chi connectivity index (χ1n) is 8.17. The van der Waals surface area contributed by atoms with Gasteiger partial charge in [0.15, 0.2) is 11.5 Å². The van der Waals surface area contributed by atoms with E-state index in [2.05, 4.69) is 15.3 Å². The van der Waals surface area contributed by atoms with Gasteiger partial charge in [0.05, 0.1) is 5.52 Å². The van der Waals surface area contributed by atoms with Gasteiger partial charge in [-0.1, -0.05) is 12.1 Å². The summed E-state index contributed by atoms with van der Waals surface area (Å²) in [5.74, 6) is 1.88. The van der Waals surface area contributed by atoms with Crippen molar-refractivity contribution in [3.05, 3.63) is 66.6 Å². The van der Waals surface area contributed by atoms with Crippen LogP contribution in [-0.2, 0) is 0 Å². The lowest BCUT2D eigenvalue weighted by Crippen LogP contribution is -1.94. The molecule has 1 aliphatic heterocycles. The molecule has 5 nitrogen and oxygen atoms in total. The van der Waals surface area contributed by atoms with Crippen LogP contribution in [0.15, 0.2) is 60.8 Å². The van der Waals surface area contributed by atoms with E-state index in [1.54, 1.807) is 12.3 Å². The third-order valence-electron chi connectivity index (χ3n) is 4.32. The van der Waals surface area contributed by atoms with Gasteiger partial charge in [0, 0.05) is 34.6 Å². The van der Waals surface area contributed by atoms with Crippen molar-refractivity contribution in [1.29, 1.82) is 0 Å². The Kier molecular flexibility index (Phi) is 3.28. The molecule has 26 heavy (non-hydrogen) atoms. The molecule has 6 heteroatoms. The Morgan fingerprint density at radius 1 is 1.00 bits per heavy atom. The van der Waals surface area contributed by atoms with Gasteiger partial charge in [-0.3, -0.25) is 0 Å². The maximum atomic E-state index is 13.5. The molecule has 0 spiro atoms. The molecule has 0 bridgehead atoms. The van der Waals surface area contributed by atoms with Crippen LogP contribution in [0.25, 0.3) is 22.2 Å². The Labute approximate surface area is 148 Å². The van der Waals surface area contributed by atoms with E-state index in [4.69, 9.17) is 9.47 Å². The van der Waals surface area contributed by atoms with Crippen LogP contribution in [0.1, 0.15) is 0 Å². The molecular formula is C20H14FN3O2. The zero-order valence-corrected chi connectivity index (χ0v) is 13.6. The Bertz CT molecular complexity index is 1120. The molecule has 2 N–H and O–H groups in total. The van der Waals surface area contributed by atoms with Crippen molar-refractivity contribution in [2.24, 2.45) is 0 Å². The summed E-state index contributed by atoms with van der Waals surface area (Å²) in [4.78, 5) is 7.76. The highest BCUT2D eigenvalue weighted by molar-refractivity contribution is 5.95. The van der Waals surface area contributed by atoms with Gasteiger partial charge in [-0.15, -0.1) is 0 Å². The number of rotatable bonds is 3. The number of ether oxygens (including phenoxy) is 2. The number of H-pyrrole nitrogens is 1. The fourth-order valence-electron chi connectivity index (χ4n) is 3.08. The molecule has 0 fully saturated rings. The summed E-state index contributed by atoms with van der Waals surface area (Å²) in [6, 6.07) is 16.0. The van der Waals surface area contributed by atoms with Crippen molar-refractivity contribution in [3.8, 4) is 22.8 Å². The predicted octanol–water partition coefficient (Wildman–Crippen LogP) is 4.84. The molecule has 0 unspecified atom stereocenters. The van der Waals surface area contributed by atoms with Crippen molar-refractivity contribution in [2.75, 3.05) is 12.1 Å². The van der Waals surface area contributed by atoms with Crippen LogP contribution in [-0.4, -0.2) is 16.8 Å².